The van der Waals surface area contributed by atoms with E-state index in [9.17, 15) is 13.6 Å². The van der Waals surface area contributed by atoms with Gasteiger partial charge in [-0.3, -0.25) is 9.78 Å². The van der Waals surface area contributed by atoms with Crippen LogP contribution in [0.15, 0.2) is 30.6 Å². The smallest absolute Gasteiger partial charge is 0.254 e. The molecule has 0 fully saturated rings. The average Bonchev–Trinajstić information content (AvgIpc) is 2.40. The average molecular weight is 284 g/mol. The molecule has 4 nitrogen and oxygen atoms in total. The largest absolute Gasteiger partial charge is 0.346 e. The molecule has 2 aromatic rings. The maximum Gasteiger partial charge on any atom is 0.254 e. The first-order chi connectivity index (χ1) is 9.09. The summed E-state index contributed by atoms with van der Waals surface area (Å²) >= 11 is 5.75. The zero-order chi connectivity index (χ0) is 13.8. The van der Waals surface area contributed by atoms with Gasteiger partial charge in [-0.15, -0.1) is 0 Å². The molecular formula is C12H8ClF2N3O. The number of aromatic nitrogens is 2. The highest BCUT2D eigenvalue weighted by Gasteiger charge is 2.15. The van der Waals surface area contributed by atoms with Crippen LogP contribution in [-0.2, 0) is 6.54 Å². The molecule has 0 unspecified atom stereocenters. The van der Waals surface area contributed by atoms with Crippen LogP contribution in [0.5, 0.6) is 0 Å². The third-order valence-electron chi connectivity index (χ3n) is 2.34. The van der Waals surface area contributed by atoms with Gasteiger partial charge in [0.2, 0.25) is 0 Å². The summed E-state index contributed by atoms with van der Waals surface area (Å²) in [4.78, 5) is 19.4. The van der Waals surface area contributed by atoms with Crippen molar-refractivity contribution in [2.45, 2.75) is 6.54 Å². The number of halogens is 3. The summed E-state index contributed by atoms with van der Waals surface area (Å²) in [7, 11) is 0. The standard InChI is InChI=1S/C12H8ClF2N3O/c13-11-9(16-4-5-17-11)6-18-12(19)7-2-1-3-8(14)10(7)15/h1-5H,6H2,(H,18,19). The second-order valence-electron chi connectivity index (χ2n) is 3.58. The number of nitrogens with one attached hydrogen (secondary N) is 1. The van der Waals surface area contributed by atoms with Crippen molar-refractivity contribution in [2.75, 3.05) is 0 Å². The Hall–Kier alpha value is -2.08. The molecule has 0 saturated heterocycles. The van der Waals surface area contributed by atoms with Gasteiger partial charge in [0, 0.05) is 12.4 Å². The van der Waals surface area contributed by atoms with E-state index in [4.69, 9.17) is 11.6 Å². The molecule has 7 heteroatoms. The Morgan fingerprint density at radius 1 is 1.26 bits per heavy atom. The van der Waals surface area contributed by atoms with Gasteiger partial charge in [0.15, 0.2) is 16.8 Å². The molecule has 0 aliphatic rings. The predicted molar refractivity (Wildman–Crippen MR) is 64.6 cm³/mol. The summed E-state index contributed by atoms with van der Waals surface area (Å²) in [6.07, 6.45) is 2.82. The van der Waals surface area contributed by atoms with Gasteiger partial charge in [-0.2, -0.15) is 0 Å². The van der Waals surface area contributed by atoms with Gasteiger partial charge >= 0.3 is 0 Å². The molecule has 0 atom stereocenters. The Labute approximate surface area is 112 Å². The van der Waals surface area contributed by atoms with E-state index in [0.717, 1.165) is 6.07 Å². The van der Waals surface area contributed by atoms with Crippen molar-refractivity contribution >= 4 is 17.5 Å². The van der Waals surface area contributed by atoms with E-state index in [0.29, 0.717) is 5.69 Å². The minimum atomic E-state index is -1.19. The number of hydrogen-bond donors (Lipinski definition) is 1. The van der Waals surface area contributed by atoms with Crippen LogP contribution in [-0.4, -0.2) is 15.9 Å². The highest BCUT2D eigenvalue weighted by molar-refractivity contribution is 6.30. The minimum absolute atomic E-state index is 0.0263. The van der Waals surface area contributed by atoms with Crippen molar-refractivity contribution in [3.05, 3.63) is 58.6 Å². The topological polar surface area (TPSA) is 54.9 Å². The van der Waals surface area contributed by atoms with E-state index in [2.05, 4.69) is 15.3 Å². The lowest BCUT2D eigenvalue weighted by Crippen LogP contribution is -2.25. The monoisotopic (exact) mass is 283 g/mol. The van der Waals surface area contributed by atoms with E-state index < -0.39 is 17.5 Å². The van der Waals surface area contributed by atoms with Crippen LogP contribution >= 0.6 is 11.6 Å². The van der Waals surface area contributed by atoms with Crippen molar-refractivity contribution in [2.24, 2.45) is 0 Å². The number of hydrogen-bond acceptors (Lipinski definition) is 3. The van der Waals surface area contributed by atoms with Gasteiger partial charge in [-0.1, -0.05) is 17.7 Å². The first kappa shape index (κ1) is 13.4. The third kappa shape index (κ3) is 3.03. The lowest BCUT2D eigenvalue weighted by molar-refractivity contribution is 0.0945. The van der Waals surface area contributed by atoms with Gasteiger partial charge < -0.3 is 5.32 Å². The highest BCUT2D eigenvalue weighted by Crippen LogP contribution is 2.12. The van der Waals surface area contributed by atoms with Crippen LogP contribution in [0, 0.1) is 11.6 Å². The second kappa shape index (κ2) is 5.71. The highest BCUT2D eigenvalue weighted by atomic mass is 35.5. The Morgan fingerprint density at radius 2 is 2.00 bits per heavy atom. The van der Waals surface area contributed by atoms with Gasteiger partial charge in [0.05, 0.1) is 17.8 Å². The van der Waals surface area contributed by atoms with Gasteiger partial charge in [-0.05, 0) is 12.1 Å². The van der Waals surface area contributed by atoms with E-state index >= 15 is 0 Å². The van der Waals surface area contributed by atoms with Crippen LogP contribution in [0.4, 0.5) is 8.78 Å². The quantitative estimate of drug-likeness (QED) is 0.941. The third-order valence-corrected chi connectivity index (χ3v) is 2.65. The van der Waals surface area contributed by atoms with Crippen molar-refractivity contribution < 1.29 is 13.6 Å². The zero-order valence-electron chi connectivity index (χ0n) is 9.53. The Kier molecular flexibility index (Phi) is 4.01. The fraction of sp³-hybridized carbons (Fsp3) is 0.0833. The number of rotatable bonds is 3. The summed E-state index contributed by atoms with van der Waals surface area (Å²) in [6.45, 7) is -0.0263. The lowest BCUT2D eigenvalue weighted by Gasteiger charge is -2.06. The molecule has 2 rings (SSSR count). The molecule has 1 aromatic carbocycles. The van der Waals surface area contributed by atoms with E-state index in [-0.39, 0.29) is 17.3 Å². The summed E-state index contributed by atoms with van der Waals surface area (Å²) in [5.41, 5.74) is -0.0330. The molecule has 98 valence electrons. The number of carbonyl (C=O) groups is 1. The molecule has 0 aliphatic heterocycles. The van der Waals surface area contributed by atoms with Crippen LogP contribution in [0.2, 0.25) is 5.15 Å². The molecule has 0 spiro atoms. The summed E-state index contributed by atoms with van der Waals surface area (Å²) in [5.74, 6) is -3.02. The Balaban J connectivity index is 2.10. The molecule has 1 aromatic heterocycles. The van der Waals surface area contributed by atoms with Crippen LogP contribution < -0.4 is 5.32 Å². The van der Waals surface area contributed by atoms with Crippen molar-refractivity contribution in [1.82, 2.24) is 15.3 Å². The predicted octanol–water partition coefficient (Wildman–Crippen LogP) is 2.34. The molecule has 19 heavy (non-hydrogen) atoms. The maximum absolute atomic E-state index is 13.4. The summed E-state index contributed by atoms with van der Waals surface area (Å²) in [6, 6.07) is 3.38. The number of benzene rings is 1. The molecule has 0 bridgehead atoms. The van der Waals surface area contributed by atoms with Crippen LogP contribution in [0.1, 0.15) is 16.1 Å². The van der Waals surface area contributed by atoms with E-state index in [1.54, 1.807) is 0 Å². The SMILES string of the molecule is O=C(NCc1nccnc1Cl)c1cccc(F)c1F. The lowest BCUT2D eigenvalue weighted by atomic mass is 10.2. The van der Waals surface area contributed by atoms with Gasteiger partial charge in [0.25, 0.3) is 5.91 Å². The number of nitrogens with zero attached hydrogens (tertiary/aromatic N) is 2. The normalized spacial score (nSPS) is 10.3. The first-order valence-electron chi connectivity index (χ1n) is 5.27. The second-order valence-corrected chi connectivity index (χ2v) is 3.94. The van der Waals surface area contributed by atoms with Crippen molar-refractivity contribution in [1.29, 1.82) is 0 Å². The molecule has 0 saturated carbocycles. The summed E-state index contributed by atoms with van der Waals surface area (Å²) in [5, 5.41) is 2.53. The van der Waals surface area contributed by atoms with Crippen LogP contribution in [0.3, 0.4) is 0 Å². The number of amides is 1. The number of carbonyl (C=O) groups excluding carboxylic acids is 1. The molecule has 0 radical (unpaired) electrons. The van der Waals surface area contributed by atoms with Crippen LogP contribution in [0.25, 0.3) is 0 Å². The van der Waals surface area contributed by atoms with Gasteiger partial charge in [0.1, 0.15) is 0 Å². The first-order valence-corrected chi connectivity index (χ1v) is 5.65. The Bertz CT molecular complexity index is 622. The van der Waals surface area contributed by atoms with Gasteiger partial charge in [-0.25, -0.2) is 13.8 Å². The summed E-state index contributed by atoms with van der Waals surface area (Å²) < 4.78 is 26.3. The molecule has 1 amide bonds. The van der Waals surface area contributed by atoms with Crippen molar-refractivity contribution in [3.8, 4) is 0 Å². The van der Waals surface area contributed by atoms with E-state index in [1.807, 2.05) is 0 Å². The van der Waals surface area contributed by atoms with Crippen molar-refractivity contribution in [3.63, 3.8) is 0 Å². The maximum atomic E-state index is 13.4. The molecule has 1 N–H and O–H groups in total. The Morgan fingerprint density at radius 3 is 2.74 bits per heavy atom. The molecule has 1 heterocycles. The fourth-order valence-electron chi connectivity index (χ4n) is 1.41. The molecular weight excluding hydrogens is 276 g/mol. The van der Waals surface area contributed by atoms with E-state index in [1.165, 1.54) is 24.5 Å². The zero-order valence-corrected chi connectivity index (χ0v) is 10.3. The fourth-order valence-corrected chi connectivity index (χ4v) is 1.58. The minimum Gasteiger partial charge on any atom is -0.346 e. The molecule has 0 aliphatic carbocycles.